The SMILES string of the molecule is CCCCC/C=C/CC/C=C/C(O)C(COC1OC(CO)C(OC2OC(CO)C(OC3OC(CO)C(O)C(O)C3O)C(O)C2O)C(O)C1O)NC(=O)CCCCCCCCCCCC. The average molecular weight is 924 g/mol. The van der Waals surface area contributed by atoms with E-state index in [-0.39, 0.29) is 18.9 Å². The fraction of sp³-hybridized carbons (Fsp3) is 0.889. The number of rotatable bonds is 31. The van der Waals surface area contributed by atoms with Crippen molar-refractivity contribution in [1.82, 2.24) is 5.32 Å². The molecule has 12 N–H and O–H groups in total. The highest BCUT2D eigenvalue weighted by atomic mass is 16.8. The molecule has 0 aliphatic carbocycles. The topological polar surface area (TPSA) is 307 Å². The van der Waals surface area contributed by atoms with Crippen LogP contribution >= 0.6 is 0 Å². The number of hydrogen-bond donors (Lipinski definition) is 12. The Labute approximate surface area is 378 Å². The summed E-state index contributed by atoms with van der Waals surface area (Å²) in [5.41, 5.74) is 0. The number of allylic oxidation sites excluding steroid dienone is 3. The van der Waals surface area contributed by atoms with E-state index in [1.807, 2.05) is 6.08 Å². The van der Waals surface area contributed by atoms with Crippen molar-refractivity contribution in [2.75, 3.05) is 26.4 Å². The highest BCUT2D eigenvalue weighted by Crippen LogP contribution is 2.33. The molecule has 0 aromatic carbocycles. The van der Waals surface area contributed by atoms with Gasteiger partial charge in [-0.2, -0.15) is 0 Å². The lowest BCUT2D eigenvalue weighted by Gasteiger charge is -2.48. The molecule has 3 aliphatic rings. The maximum Gasteiger partial charge on any atom is 0.220 e. The van der Waals surface area contributed by atoms with E-state index in [0.29, 0.717) is 12.8 Å². The first-order valence-electron chi connectivity index (χ1n) is 23.6. The van der Waals surface area contributed by atoms with Gasteiger partial charge < -0.3 is 89.9 Å². The van der Waals surface area contributed by atoms with E-state index in [2.05, 4.69) is 31.3 Å². The number of ether oxygens (including phenoxy) is 6. The van der Waals surface area contributed by atoms with Crippen LogP contribution in [0.3, 0.4) is 0 Å². The third-order valence-electron chi connectivity index (χ3n) is 12.0. The summed E-state index contributed by atoms with van der Waals surface area (Å²) in [7, 11) is 0. The fourth-order valence-electron chi connectivity index (χ4n) is 7.97. The molecule has 17 atom stereocenters. The summed E-state index contributed by atoms with van der Waals surface area (Å²) in [5, 5.41) is 119. The second kappa shape index (κ2) is 31.3. The molecular formula is C45H81NO18. The van der Waals surface area contributed by atoms with Crippen LogP contribution in [0.1, 0.15) is 123 Å². The maximum atomic E-state index is 13.1. The Bertz CT molecular complexity index is 1290. The van der Waals surface area contributed by atoms with Gasteiger partial charge in [0.1, 0.15) is 73.2 Å². The first-order valence-corrected chi connectivity index (χ1v) is 23.6. The molecule has 64 heavy (non-hydrogen) atoms. The minimum Gasteiger partial charge on any atom is -0.394 e. The van der Waals surface area contributed by atoms with Gasteiger partial charge in [-0.3, -0.25) is 4.79 Å². The minimum atomic E-state index is -1.98. The molecule has 0 saturated carbocycles. The smallest absolute Gasteiger partial charge is 0.220 e. The Kier molecular flexibility index (Phi) is 27.7. The molecule has 3 rings (SSSR count). The zero-order chi connectivity index (χ0) is 47.0. The zero-order valence-corrected chi connectivity index (χ0v) is 37.8. The van der Waals surface area contributed by atoms with Crippen molar-refractivity contribution < 1.29 is 89.4 Å². The highest BCUT2D eigenvalue weighted by Gasteiger charge is 2.53. The third kappa shape index (κ3) is 18.1. The fourth-order valence-corrected chi connectivity index (χ4v) is 7.97. The maximum absolute atomic E-state index is 13.1. The van der Waals surface area contributed by atoms with E-state index in [0.717, 1.165) is 44.9 Å². The summed E-state index contributed by atoms with van der Waals surface area (Å²) in [6.45, 7) is 1.56. The van der Waals surface area contributed by atoms with E-state index in [9.17, 15) is 61.0 Å². The number of carbonyl (C=O) groups is 1. The summed E-state index contributed by atoms with van der Waals surface area (Å²) in [4.78, 5) is 13.1. The summed E-state index contributed by atoms with van der Waals surface area (Å²) in [5.74, 6) is -0.294. The van der Waals surface area contributed by atoms with Gasteiger partial charge in [0.2, 0.25) is 5.91 Å². The van der Waals surface area contributed by atoms with Gasteiger partial charge in [-0.1, -0.05) is 109 Å². The monoisotopic (exact) mass is 924 g/mol. The van der Waals surface area contributed by atoms with Crippen molar-refractivity contribution in [3.63, 3.8) is 0 Å². The van der Waals surface area contributed by atoms with Crippen molar-refractivity contribution in [2.45, 2.75) is 227 Å². The minimum absolute atomic E-state index is 0.237. The van der Waals surface area contributed by atoms with E-state index < -0.39 is 124 Å². The molecule has 3 fully saturated rings. The molecule has 19 nitrogen and oxygen atoms in total. The number of aliphatic hydroxyl groups excluding tert-OH is 11. The second-order valence-corrected chi connectivity index (χ2v) is 17.2. The van der Waals surface area contributed by atoms with Crippen molar-refractivity contribution in [2.24, 2.45) is 0 Å². The molecule has 3 saturated heterocycles. The Morgan fingerprint density at radius 1 is 0.547 bits per heavy atom. The number of carbonyl (C=O) groups excluding carboxylic acids is 1. The normalized spacial score (nSPS) is 34.7. The molecular weight excluding hydrogens is 842 g/mol. The predicted molar refractivity (Wildman–Crippen MR) is 231 cm³/mol. The molecule has 0 radical (unpaired) electrons. The second-order valence-electron chi connectivity index (χ2n) is 17.2. The number of unbranched alkanes of at least 4 members (excludes halogenated alkanes) is 13. The van der Waals surface area contributed by atoms with Crippen molar-refractivity contribution in [1.29, 1.82) is 0 Å². The summed E-state index contributed by atoms with van der Waals surface area (Å²) < 4.78 is 33.9. The van der Waals surface area contributed by atoms with Gasteiger partial charge in [-0.15, -0.1) is 0 Å². The molecule has 17 unspecified atom stereocenters. The third-order valence-corrected chi connectivity index (χ3v) is 12.0. The van der Waals surface area contributed by atoms with Crippen LogP contribution in [0.15, 0.2) is 24.3 Å². The van der Waals surface area contributed by atoms with E-state index in [1.54, 1.807) is 6.08 Å². The Morgan fingerprint density at radius 2 is 1.00 bits per heavy atom. The Morgan fingerprint density at radius 3 is 1.56 bits per heavy atom. The lowest BCUT2D eigenvalue weighted by Crippen LogP contribution is -2.66. The highest BCUT2D eigenvalue weighted by molar-refractivity contribution is 5.76. The van der Waals surface area contributed by atoms with Crippen molar-refractivity contribution in [3.8, 4) is 0 Å². The number of hydrogen-bond acceptors (Lipinski definition) is 18. The predicted octanol–water partition coefficient (Wildman–Crippen LogP) is 0.0809. The van der Waals surface area contributed by atoms with Crippen LogP contribution in [-0.4, -0.2) is 193 Å². The van der Waals surface area contributed by atoms with Crippen LogP contribution in [-0.2, 0) is 33.2 Å². The van der Waals surface area contributed by atoms with Gasteiger partial charge >= 0.3 is 0 Å². The van der Waals surface area contributed by atoms with Gasteiger partial charge in [0.25, 0.3) is 0 Å². The lowest BCUT2D eigenvalue weighted by atomic mass is 9.96. The van der Waals surface area contributed by atoms with Gasteiger partial charge in [0.15, 0.2) is 18.9 Å². The number of aliphatic hydroxyl groups is 11. The summed E-state index contributed by atoms with van der Waals surface area (Å²) >= 11 is 0. The zero-order valence-electron chi connectivity index (χ0n) is 37.8. The van der Waals surface area contributed by atoms with Crippen LogP contribution in [0.2, 0.25) is 0 Å². The molecule has 19 heteroatoms. The van der Waals surface area contributed by atoms with Crippen LogP contribution in [0.5, 0.6) is 0 Å². The van der Waals surface area contributed by atoms with Gasteiger partial charge in [0.05, 0.1) is 38.6 Å². The van der Waals surface area contributed by atoms with E-state index >= 15 is 0 Å². The van der Waals surface area contributed by atoms with Crippen LogP contribution in [0.25, 0.3) is 0 Å². The molecule has 0 spiro atoms. The molecule has 3 heterocycles. The standard InChI is InChI=1S/C45H81NO18/c1-3-5-7-9-11-13-15-17-19-21-23-33(51)46-28(29(50)22-20-18-16-14-12-10-8-6-4-2)27-59-43-39(57)36(54)41(31(25-48)61-43)64-45-40(58)37(55)42(32(26-49)62-45)63-44-38(56)35(53)34(52)30(24-47)60-44/h12,14,20,22,28-32,34-45,47-50,52-58H,3-11,13,15-19,21,23-27H2,1-2H3,(H,46,51)/b14-12+,22-20+. The number of amides is 1. The van der Waals surface area contributed by atoms with E-state index in [1.165, 1.54) is 44.9 Å². The molecule has 3 aliphatic heterocycles. The first kappa shape index (κ1) is 56.6. The van der Waals surface area contributed by atoms with Crippen LogP contribution in [0, 0.1) is 0 Å². The molecule has 0 aromatic heterocycles. The van der Waals surface area contributed by atoms with E-state index in [4.69, 9.17) is 28.4 Å². The van der Waals surface area contributed by atoms with Crippen molar-refractivity contribution >= 4 is 5.91 Å². The lowest BCUT2D eigenvalue weighted by molar-refractivity contribution is -0.379. The molecule has 1 amide bonds. The Balaban J connectivity index is 1.61. The summed E-state index contributed by atoms with van der Waals surface area (Å²) in [6, 6.07) is -0.980. The molecule has 374 valence electrons. The Hall–Kier alpha value is -1.73. The van der Waals surface area contributed by atoms with Gasteiger partial charge in [0, 0.05) is 6.42 Å². The van der Waals surface area contributed by atoms with Gasteiger partial charge in [-0.05, 0) is 32.1 Å². The largest absolute Gasteiger partial charge is 0.394 e. The molecule has 0 aromatic rings. The van der Waals surface area contributed by atoms with Crippen LogP contribution in [0.4, 0.5) is 0 Å². The summed E-state index contributed by atoms with van der Waals surface area (Å²) in [6.07, 6.45) is -2.02. The average Bonchev–Trinajstić information content (AvgIpc) is 3.29. The quantitative estimate of drug-likeness (QED) is 0.0324. The van der Waals surface area contributed by atoms with Crippen LogP contribution < -0.4 is 5.32 Å². The number of nitrogens with one attached hydrogen (secondary N) is 1. The van der Waals surface area contributed by atoms with Gasteiger partial charge in [-0.25, -0.2) is 0 Å². The molecule has 0 bridgehead atoms. The first-order chi connectivity index (χ1) is 30.8. The van der Waals surface area contributed by atoms with Crippen molar-refractivity contribution in [3.05, 3.63) is 24.3 Å².